The molecule has 3 rings (SSSR count). The van der Waals surface area contributed by atoms with Gasteiger partial charge in [-0.15, -0.1) is 0 Å². The SMILES string of the molecule is CCCNC(=O)NC(=O)CSc1nc2ccccc2c(=O)n1CC1CCCO1. The van der Waals surface area contributed by atoms with Crippen LogP contribution >= 0.6 is 11.8 Å². The molecule has 2 heterocycles. The Morgan fingerprint density at radius 2 is 2.18 bits per heavy atom. The molecule has 1 saturated heterocycles. The van der Waals surface area contributed by atoms with Crippen LogP contribution in [0.5, 0.6) is 0 Å². The van der Waals surface area contributed by atoms with Gasteiger partial charge in [-0.25, -0.2) is 9.78 Å². The number of para-hydroxylation sites is 1. The molecule has 1 aromatic heterocycles. The number of carbonyl (C=O) groups excluding carboxylic acids is 2. The topological polar surface area (TPSA) is 102 Å². The number of carbonyl (C=O) groups is 2. The second kappa shape index (κ2) is 9.70. The minimum Gasteiger partial charge on any atom is -0.376 e. The molecule has 0 spiro atoms. The highest BCUT2D eigenvalue weighted by Crippen LogP contribution is 2.20. The smallest absolute Gasteiger partial charge is 0.321 e. The lowest BCUT2D eigenvalue weighted by Crippen LogP contribution is -2.40. The van der Waals surface area contributed by atoms with Gasteiger partial charge in [0.05, 0.1) is 29.3 Å². The van der Waals surface area contributed by atoms with Crippen LogP contribution in [0.25, 0.3) is 10.9 Å². The second-order valence-corrected chi connectivity index (χ2v) is 7.50. The van der Waals surface area contributed by atoms with Crippen LogP contribution in [0.2, 0.25) is 0 Å². The zero-order valence-corrected chi connectivity index (χ0v) is 16.6. The summed E-state index contributed by atoms with van der Waals surface area (Å²) in [5.74, 6) is -0.458. The summed E-state index contributed by atoms with van der Waals surface area (Å²) in [5, 5.41) is 5.85. The number of hydrogen-bond acceptors (Lipinski definition) is 6. The van der Waals surface area contributed by atoms with E-state index in [1.54, 1.807) is 22.8 Å². The highest BCUT2D eigenvalue weighted by atomic mass is 32.2. The Bertz CT molecular complexity index is 908. The first kappa shape index (κ1) is 20.3. The Morgan fingerprint density at radius 1 is 1.36 bits per heavy atom. The normalized spacial score (nSPS) is 16.2. The van der Waals surface area contributed by atoms with E-state index in [9.17, 15) is 14.4 Å². The van der Waals surface area contributed by atoms with Gasteiger partial charge in [-0.3, -0.25) is 19.5 Å². The first-order valence-corrected chi connectivity index (χ1v) is 10.4. The van der Waals surface area contributed by atoms with Crippen LogP contribution in [0.3, 0.4) is 0 Å². The average molecular weight is 404 g/mol. The zero-order chi connectivity index (χ0) is 19.9. The van der Waals surface area contributed by atoms with Crippen LogP contribution in [0.4, 0.5) is 4.79 Å². The van der Waals surface area contributed by atoms with E-state index in [4.69, 9.17) is 4.74 Å². The molecule has 3 amide bonds. The third-order valence-corrected chi connectivity index (χ3v) is 5.33. The minimum atomic E-state index is -0.518. The summed E-state index contributed by atoms with van der Waals surface area (Å²) in [6, 6.07) is 6.62. The van der Waals surface area contributed by atoms with Crippen molar-refractivity contribution in [3.05, 3.63) is 34.6 Å². The summed E-state index contributed by atoms with van der Waals surface area (Å²) in [6.45, 7) is 3.52. The molecule has 28 heavy (non-hydrogen) atoms. The maximum Gasteiger partial charge on any atom is 0.321 e. The third kappa shape index (κ3) is 5.11. The van der Waals surface area contributed by atoms with Gasteiger partial charge >= 0.3 is 6.03 Å². The number of thioether (sulfide) groups is 1. The summed E-state index contributed by atoms with van der Waals surface area (Å²) in [4.78, 5) is 41.2. The lowest BCUT2D eigenvalue weighted by Gasteiger charge is -2.16. The van der Waals surface area contributed by atoms with Gasteiger partial charge in [0.2, 0.25) is 5.91 Å². The number of benzene rings is 1. The molecule has 2 N–H and O–H groups in total. The van der Waals surface area contributed by atoms with Gasteiger partial charge in [0.1, 0.15) is 0 Å². The standard InChI is InChI=1S/C19H24N4O4S/c1-2-9-20-18(26)22-16(24)12-28-19-21-15-8-4-3-7-14(15)17(25)23(19)11-13-6-5-10-27-13/h3-4,7-8,13H,2,5-6,9-12H2,1H3,(H2,20,22,24,26). The molecule has 0 bridgehead atoms. The van der Waals surface area contributed by atoms with Gasteiger partial charge < -0.3 is 10.1 Å². The Kier molecular flexibility index (Phi) is 7.05. The average Bonchev–Trinajstić information content (AvgIpc) is 3.20. The molecule has 1 fully saturated rings. The summed E-state index contributed by atoms with van der Waals surface area (Å²) in [7, 11) is 0. The Labute approximate surface area is 167 Å². The van der Waals surface area contributed by atoms with Crippen molar-refractivity contribution < 1.29 is 14.3 Å². The van der Waals surface area contributed by atoms with Crippen molar-refractivity contribution in [2.75, 3.05) is 18.9 Å². The molecule has 1 aliphatic heterocycles. The van der Waals surface area contributed by atoms with Crippen molar-refractivity contribution in [2.24, 2.45) is 0 Å². The van der Waals surface area contributed by atoms with E-state index >= 15 is 0 Å². The van der Waals surface area contributed by atoms with Crippen molar-refractivity contribution in [1.82, 2.24) is 20.2 Å². The van der Waals surface area contributed by atoms with E-state index in [1.807, 2.05) is 13.0 Å². The molecule has 0 radical (unpaired) electrons. The van der Waals surface area contributed by atoms with Crippen LogP contribution in [0.1, 0.15) is 26.2 Å². The molecule has 1 unspecified atom stereocenters. The summed E-state index contributed by atoms with van der Waals surface area (Å²) >= 11 is 1.14. The van der Waals surface area contributed by atoms with E-state index < -0.39 is 11.9 Å². The first-order valence-electron chi connectivity index (χ1n) is 9.40. The fraction of sp³-hybridized carbons (Fsp3) is 0.474. The molecule has 1 aliphatic rings. The monoisotopic (exact) mass is 404 g/mol. The molecule has 9 heteroatoms. The number of ether oxygens (including phenoxy) is 1. The van der Waals surface area contributed by atoms with E-state index in [1.165, 1.54) is 0 Å². The van der Waals surface area contributed by atoms with E-state index in [0.29, 0.717) is 35.8 Å². The lowest BCUT2D eigenvalue weighted by molar-refractivity contribution is -0.117. The van der Waals surface area contributed by atoms with Gasteiger partial charge in [-0.2, -0.15) is 0 Å². The molecule has 0 aliphatic carbocycles. The van der Waals surface area contributed by atoms with Gasteiger partial charge in [-0.05, 0) is 31.4 Å². The number of nitrogens with zero attached hydrogens (tertiary/aromatic N) is 2. The summed E-state index contributed by atoms with van der Waals surface area (Å²) < 4.78 is 7.24. The maximum absolute atomic E-state index is 13.0. The Morgan fingerprint density at radius 3 is 2.93 bits per heavy atom. The predicted molar refractivity (Wildman–Crippen MR) is 108 cm³/mol. The van der Waals surface area contributed by atoms with Gasteiger partial charge in [-0.1, -0.05) is 30.8 Å². The van der Waals surface area contributed by atoms with Crippen LogP contribution < -0.4 is 16.2 Å². The Balaban J connectivity index is 1.77. The lowest BCUT2D eigenvalue weighted by atomic mass is 10.2. The minimum absolute atomic E-state index is 0.0180. The fourth-order valence-corrected chi connectivity index (χ4v) is 3.79. The fourth-order valence-electron chi connectivity index (χ4n) is 2.99. The first-order chi connectivity index (χ1) is 13.6. The van der Waals surface area contributed by atoms with Crippen molar-refractivity contribution in [3.8, 4) is 0 Å². The predicted octanol–water partition coefficient (Wildman–Crippen LogP) is 1.90. The highest BCUT2D eigenvalue weighted by molar-refractivity contribution is 7.99. The molecule has 8 nitrogen and oxygen atoms in total. The van der Waals surface area contributed by atoms with Gasteiger partial charge in [0.25, 0.3) is 5.56 Å². The molecule has 0 saturated carbocycles. The van der Waals surface area contributed by atoms with Crippen LogP contribution in [-0.2, 0) is 16.1 Å². The number of amides is 3. The van der Waals surface area contributed by atoms with E-state index in [-0.39, 0.29) is 17.4 Å². The molecular formula is C19H24N4O4S. The number of nitrogens with one attached hydrogen (secondary N) is 2. The number of hydrogen-bond donors (Lipinski definition) is 2. The maximum atomic E-state index is 13.0. The summed E-state index contributed by atoms with van der Waals surface area (Å²) in [6.07, 6.45) is 2.61. The van der Waals surface area contributed by atoms with E-state index in [2.05, 4.69) is 15.6 Å². The molecule has 1 aromatic carbocycles. The number of imide groups is 1. The molecule has 1 atom stereocenters. The van der Waals surface area contributed by atoms with Crippen LogP contribution in [-0.4, -0.2) is 46.5 Å². The Hall–Kier alpha value is -2.39. The van der Waals surface area contributed by atoms with Crippen molar-refractivity contribution in [2.45, 2.75) is 44.0 Å². The van der Waals surface area contributed by atoms with Gasteiger partial charge in [0, 0.05) is 13.2 Å². The van der Waals surface area contributed by atoms with Crippen molar-refractivity contribution in [1.29, 1.82) is 0 Å². The van der Waals surface area contributed by atoms with Crippen molar-refractivity contribution >= 4 is 34.6 Å². The molecule has 150 valence electrons. The largest absolute Gasteiger partial charge is 0.376 e. The number of aromatic nitrogens is 2. The number of fused-ring (bicyclic) bond motifs is 1. The van der Waals surface area contributed by atoms with Crippen LogP contribution in [0.15, 0.2) is 34.2 Å². The quantitative estimate of drug-likeness (QED) is 0.540. The third-order valence-electron chi connectivity index (χ3n) is 4.36. The van der Waals surface area contributed by atoms with E-state index in [0.717, 1.165) is 31.0 Å². The van der Waals surface area contributed by atoms with Gasteiger partial charge in [0.15, 0.2) is 5.16 Å². The van der Waals surface area contributed by atoms with Crippen LogP contribution in [0, 0.1) is 0 Å². The molecular weight excluding hydrogens is 380 g/mol. The summed E-state index contributed by atoms with van der Waals surface area (Å²) in [5.41, 5.74) is 0.435. The zero-order valence-electron chi connectivity index (χ0n) is 15.8. The number of rotatable bonds is 7. The van der Waals surface area contributed by atoms with Crippen molar-refractivity contribution in [3.63, 3.8) is 0 Å². The highest BCUT2D eigenvalue weighted by Gasteiger charge is 2.20. The number of urea groups is 1. The molecule has 2 aromatic rings. The second-order valence-electron chi connectivity index (χ2n) is 6.56.